The summed E-state index contributed by atoms with van der Waals surface area (Å²) in [6.45, 7) is 3.31. The van der Waals surface area contributed by atoms with E-state index in [1.807, 2.05) is 0 Å². The maximum absolute atomic E-state index is 12.4. The lowest BCUT2D eigenvalue weighted by molar-refractivity contribution is 0.281. The Morgan fingerprint density at radius 3 is 2.56 bits per heavy atom. The molecule has 3 N–H and O–H groups in total. The minimum atomic E-state index is -3.36. The lowest BCUT2D eigenvalue weighted by Gasteiger charge is -2.30. The molecule has 0 amide bonds. The number of nitrogen functional groups attached to an aromatic ring is 1. The molecule has 6 heteroatoms. The molecule has 1 saturated heterocycles. The molecule has 0 spiro atoms. The zero-order chi connectivity index (χ0) is 13.2. The van der Waals surface area contributed by atoms with E-state index in [9.17, 15) is 8.42 Å². The molecule has 1 unspecified atom stereocenters. The summed E-state index contributed by atoms with van der Waals surface area (Å²) in [6.07, 6.45) is 2.03. The van der Waals surface area contributed by atoms with E-state index in [2.05, 4.69) is 12.3 Å². The van der Waals surface area contributed by atoms with Gasteiger partial charge in [-0.25, -0.2) is 8.42 Å². The van der Waals surface area contributed by atoms with Crippen LogP contribution in [0.2, 0.25) is 0 Å². The average molecular weight is 269 g/mol. The molecule has 1 aromatic carbocycles. The molecule has 5 nitrogen and oxygen atoms in total. The highest BCUT2D eigenvalue weighted by atomic mass is 32.2. The van der Waals surface area contributed by atoms with Crippen LogP contribution in [0.3, 0.4) is 0 Å². The van der Waals surface area contributed by atoms with Crippen molar-refractivity contribution in [1.82, 2.24) is 4.31 Å². The fourth-order valence-corrected chi connectivity index (χ4v) is 3.84. The minimum absolute atomic E-state index is 0.329. The predicted molar refractivity (Wildman–Crippen MR) is 71.4 cm³/mol. The summed E-state index contributed by atoms with van der Waals surface area (Å²) in [5.74, 6) is 5.69. The van der Waals surface area contributed by atoms with Crippen LogP contribution in [-0.2, 0) is 10.0 Å². The van der Waals surface area contributed by atoms with Crippen molar-refractivity contribution in [3.63, 3.8) is 0 Å². The van der Waals surface area contributed by atoms with Crippen molar-refractivity contribution >= 4 is 15.7 Å². The van der Waals surface area contributed by atoms with Crippen LogP contribution in [0.1, 0.15) is 19.8 Å². The highest BCUT2D eigenvalue weighted by Gasteiger charge is 2.28. The summed E-state index contributed by atoms with van der Waals surface area (Å²) in [6, 6.07) is 6.51. The number of nitrogens with two attached hydrogens (primary N) is 1. The van der Waals surface area contributed by atoms with Gasteiger partial charge in [0.15, 0.2) is 0 Å². The first kappa shape index (κ1) is 13.3. The highest BCUT2D eigenvalue weighted by molar-refractivity contribution is 7.89. The van der Waals surface area contributed by atoms with E-state index in [4.69, 9.17) is 5.84 Å². The van der Waals surface area contributed by atoms with Crippen LogP contribution in [-0.4, -0.2) is 25.8 Å². The first-order valence-electron chi connectivity index (χ1n) is 6.11. The molecule has 2 rings (SSSR count). The van der Waals surface area contributed by atoms with Gasteiger partial charge < -0.3 is 5.43 Å². The molecule has 18 heavy (non-hydrogen) atoms. The number of hydrogen-bond donors (Lipinski definition) is 2. The Bertz CT molecular complexity index is 499. The van der Waals surface area contributed by atoms with Crippen LogP contribution in [0.5, 0.6) is 0 Å². The summed E-state index contributed by atoms with van der Waals surface area (Å²) >= 11 is 0. The molecule has 0 radical (unpaired) electrons. The number of hydrazine groups is 1. The first-order chi connectivity index (χ1) is 8.54. The molecule has 0 saturated carbocycles. The number of nitrogens with zero attached hydrogens (tertiary/aromatic N) is 1. The smallest absolute Gasteiger partial charge is 0.243 e. The molecule has 100 valence electrons. The van der Waals surface area contributed by atoms with Crippen molar-refractivity contribution in [2.75, 3.05) is 18.5 Å². The maximum atomic E-state index is 12.4. The van der Waals surface area contributed by atoms with Gasteiger partial charge in [0.1, 0.15) is 0 Å². The van der Waals surface area contributed by atoms with E-state index in [0.717, 1.165) is 12.8 Å². The van der Waals surface area contributed by atoms with E-state index >= 15 is 0 Å². The fraction of sp³-hybridized carbons (Fsp3) is 0.500. The summed E-state index contributed by atoms with van der Waals surface area (Å²) in [5.41, 5.74) is 3.18. The molecule has 1 fully saturated rings. The SMILES string of the molecule is CC1CCCN(S(=O)(=O)c2ccc(NN)cc2)C1. The number of hydrogen-bond acceptors (Lipinski definition) is 4. The summed E-state index contributed by atoms with van der Waals surface area (Å²) in [4.78, 5) is 0.329. The van der Waals surface area contributed by atoms with Crippen LogP contribution in [0.4, 0.5) is 5.69 Å². The Balaban J connectivity index is 2.23. The lowest BCUT2D eigenvalue weighted by atomic mass is 10.0. The molecular weight excluding hydrogens is 250 g/mol. The fourth-order valence-electron chi connectivity index (χ4n) is 2.24. The molecular formula is C12H19N3O2S. The third-order valence-corrected chi connectivity index (χ3v) is 5.16. The first-order valence-corrected chi connectivity index (χ1v) is 7.55. The van der Waals surface area contributed by atoms with Gasteiger partial charge in [-0.3, -0.25) is 5.84 Å². The van der Waals surface area contributed by atoms with Gasteiger partial charge in [-0.2, -0.15) is 4.31 Å². The topological polar surface area (TPSA) is 75.4 Å². The van der Waals surface area contributed by atoms with Crippen molar-refractivity contribution in [1.29, 1.82) is 0 Å². The standard InChI is InChI=1S/C12H19N3O2S/c1-10-3-2-8-15(9-10)18(16,17)12-6-4-11(14-13)5-7-12/h4-7,10,14H,2-3,8-9,13H2,1H3. The van der Waals surface area contributed by atoms with Crippen LogP contribution in [0.15, 0.2) is 29.2 Å². The molecule has 0 bridgehead atoms. The van der Waals surface area contributed by atoms with E-state index in [1.54, 1.807) is 28.6 Å². The van der Waals surface area contributed by atoms with Crippen LogP contribution in [0.25, 0.3) is 0 Å². The van der Waals surface area contributed by atoms with Crippen molar-refractivity contribution in [2.45, 2.75) is 24.7 Å². The van der Waals surface area contributed by atoms with Gasteiger partial charge in [-0.15, -0.1) is 0 Å². The summed E-state index contributed by atoms with van der Waals surface area (Å²) in [5, 5.41) is 0. The number of benzene rings is 1. The Morgan fingerprint density at radius 2 is 2.00 bits per heavy atom. The van der Waals surface area contributed by atoms with Crippen molar-refractivity contribution in [3.05, 3.63) is 24.3 Å². The predicted octanol–water partition coefficient (Wildman–Crippen LogP) is 1.39. The number of nitrogens with one attached hydrogen (secondary N) is 1. The van der Waals surface area contributed by atoms with Crippen molar-refractivity contribution in [3.8, 4) is 0 Å². The molecule has 1 aromatic rings. The average Bonchev–Trinajstić information content (AvgIpc) is 2.39. The van der Waals surface area contributed by atoms with Crippen molar-refractivity contribution in [2.24, 2.45) is 11.8 Å². The largest absolute Gasteiger partial charge is 0.324 e. The van der Waals surface area contributed by atoms with E-state index < -0.39 is 10.0 Å². The van der Waals surface area contributed by atoms with Gasteiger partial charge in [0.05, 0.1) is 4.90 Å². The third kappa shape index (κ3) is 2.66. The van der Waals surface area contributed by atoms with Crippen LogP contribution >= 0.6 is 0 Å². The number of sulfonamides is 1. The molecule has 1 aliphatic heterocycles. The second kappa shape index (κ2) is 5.26. The van der Waals surface area contributed by atoms with Gasteiger partial charge in [0.25, 0.3) is 0 Å². The number of anilines is 1. The maximum Gasteiger partial charge on any atom is 0.243 e. The Kier molecular flexibility index (Phi) is 3.89. The molecule has 1 atom stereocenters. The second-order valence-electron chi connectivity index (χ2n) is 4.78. The normalized spacial score (nSPS) is 21.8. The molecule has 1 aliphatic rings. The zero-order valence-corrected chi connectivity index (χ0v) is 11.3. The van der Waals surface area contributed by atoms with E-state index in [-0.39, 0.29) is 0 Å². The van der Waals surface area contributed by atoms with Crippen LogP contribution < -0.4 is 11.3 Å². The van der Waals surface area contributed by atoms with Gasteiger partial charge >= 0.3 is 0 Å². The zero-order valence-electron chi connectivity index (χ0n) is 10.5. The van der Waals surface area contributed by atoms with Gasteiger partial charge in [-0.05, 0) is 43.0 Å². The molecule has 1 heterocycles. The summed E-state index contributed by atoms with van der Waals surface area (Å²) in [7, 11) is -3.36. The second-order valence-corrected chi connectivity index (χ2v) is 6.72. The highest BCUT2D eigenvalue weighted by Crippen LogP contribution is 2.24. The Labute approximate surface area is 108 Å². The van der Waals surface area contributed by atoms with Gasteiger partial charge in [0.2, 0.25) is 10.0 Å². The van der Waals surface area contributed by atoms with Gasteiger partial charge in [0, 0.05) is 18.8 Å². The summed E-state index contributed by atoms with van der Waals surface area (Å²) < 4.78 is 26.4. The van der Waals surface area contributed by atoms with Gasteiger partial charge in [-0.1, -0.05) is 6.92 Å². The van der Waals surface area contributed by atoms with Crippen LogP contribution in [0, 0.1) is 5.92 Å². The van der Waals surface area contributed by atoms with E-state index in [0.29, 0.717) is 29.6 Å². The monoisotopic (exact) mass is 269 g/mol. The van der Waals surface area contributed by atoms with E-state index in [1.165, 1.54) is 0 Å². The lowest BCUT2D eigenvalue weighted by Crippen LogP contribution is -2.39. The Morgan fingerprint density at radius 1 is 1.33 bits per heavy atom. The molecule has 0 aromatic heterocycles. The molecule has 0 aliphatic carbocycles. The number of piperidine rings is 1. The van der Waals surface area contributed by atoms with Crippen molar-refractivity contribution < 1.29 is 8.42 Å². The Hall–Kier alpha value is -1.11. The minimum Gasteiger partial charge on any atom is -0.324 e. The quantitative estimate of drug-likeness (QED) is 0.642. The number of rotatable bonds is 3. The third-order valence-electron chi connectivity index (χ3n) is 3.28.